The van der Waals surface area contributed by atoms with Crippen LogP contribution in [0.4, 0.5) is 4.79 Å². The van der Waals surface area contributed by atoms with Gasteiger partial charge in [-0.05, 0) is 88.9 Å². The Bertz CT molecular complexity index is 2170. The monoisotopic (exact) mass is 839 g/mol. The van der Waals surface area contributed by atoms with Crippen molar-refractivity contribution in [3.8, 4) is 11.6 Å². The largest absolute Gasteiger partial charge is 0.493 e. The number of pyridine rings is 1. The van der Waals surface area contributed by atoms with Gasteiger partial charge in [-0.25, -0.2) is 18.2 Å². The van der Waals surface area contributed by atoms with Crippen molar-refractivity contribution in [1.82, 2.24) is 25.2 Å². The molecule has 2 aliphatic rings. The average Bonchev–Trinajstić information content (AvgIpc) is 3.69. The predicted molar refractivity (Wildman–Crippen MR) is 219 cm³/mol. The van der Waals surface area contributed by atoms with Crippen LogP contribution in [0.2, 0.25) is 0 Å². The van der Waals surface area contributed by atoms with Crippen LogP contribution in [0.5, 0.6) is 11.6 Å². The third kappa shape index (κ3) is 10.2. The molecule has 1 saturated heterocycles. The lowest BCUT2D eigenvalue weighted by Crippen LogP contribution is -2.62. The SMILES string of the molecule is C=CCC(C)(NC(=O)C1CC(Oc2nccc3c(C(=O)c4cccs4)c(OCC)ccc23)CN1C(=O)C(NC(=O)OC(C)(C)C)C(C)(C)C)C(=O)NS(=O)(=O)C1CC1. The van der Waals surface area contributed by atoms with Crippen molar-refractivity contribution in [1.29, 1.82) is 0 Å². The van der Waals surface area contributed by atoms with Gasteiger partial charge in [-0.3, -0.25) is 23.9 Å². The first-order valence-electron chi connectivity index (χ1n) is 19.2. The number of likely N-dealkylation sites (tertiary alicyclic amines) is 1. The number of hydrogen-bond acceptors (Lipinski definition) is 12. The van der Waals surface area contributed by atoms with Gasteiger partial charge in [0.15, 0.2) is 0 Å². The quantitative estimate of drug-likeness (QED) is 0.133. The van der Waals surface area contributed by atoms with Gasteiger partial charge in [0.1, 0.15) is 35.1 Å². The first kappa shape index (κ1) is 44.1. The molecule has 58 heavy (non-hydrogen) atoms. The van der Waals surface area contributed by atoms with Crippen LogP contribution in [0.3, 0.4) is 0 Å². The summed E-state index contributed by atoms with van der Waals surface area (Å²) in [6.07, 6.45) is 1.83. The molecule has 4 unspecified atom stereocenters. The van der Waals surface area contributed by atoms with Gasteiger partial charge in [-0.2, -0.15) is 0 Å². The van der Waals surface area contributed by atoms with Crippen LogP contribution in [0, 0.1) is 5.41 Å². The highest BCUT2D eigenvalue weighted by Gasteiger charge is 2.49. The third-order valence-electron chi connectivity index (χ3n) is 9.69. The fraction of sp³-hybridized carbons (Fsp3) is 0.512. The molecule has 1 saturated carbocycles. The summed E-state index contributed by atoms with van der Waals surface area (Å²) >= 11 is 1.30. The molecule has 3 N–H and O–H groups in total. The molecule has 4 amide bonds. The lowest BCUT2D eigenvalue weighted by Gasteiger charge is -2.36. The third-order valence-corrected chi connectivity index (χ3v) is 12.4. The van der Waals surface area contributed by atoms with E-state index < -0.39 is 73.8 Å². The number of aromatic nitrogens is 1. The van der Waals surface area contributed by atoms with Crippen LogP contribution in [0.25, 0.3) is 10.8 Å². The number of hydrogen-bond donors (Lipinski definition) is 3. The number of rotatable bonds is 15. The van der Waals surface area contributed by atoms with Gasteiger partial charge >= 0.3 is 6.09 Å². The fourth-order valence-corrected chi connectivity index (χ4v) is 8.74. The lowest BCUT2D eigenvalue weighted by molar-refractivity contribution is -0.143. The van der Waals surface area contributed by atoms with Gasteiger partial charge in [0.2, 0.25) is 33.5 Å². The highest BCUT2D eigenvalue weighted by Crippen LogP contribution is 2.37. The van der Waals surface area contributed by atoms with E-state index in [9.17, 15) is 32.4 Å². The number of carbonyl (C=O) groups excluding carboxylic acids is 5. The summed E-state index contributed by atoms with van der Waals surface area (Å²) in [5.41, 5.74) is -3.17. The number of alkyl carbamates (subject to hydrolysis) is 1. The number of amides is 4. The van der Waals surface area contributed by atoms with E-state index in [0.717, 1.165) is 0 Å². The average molecular weight is 840 g/mol. The number of ketones is 1. The Morgan fingerprint density at radius 3 is 2.33 bits per heavy atom. The smallest absolute Gasteiger partial charge is 0.408 e. The Kier molecular flexibility index (Phi) is 13.0. The van der Waals surface area contributed by atoms with Crippen LogP contribution in [-0.4, -0.2) is 95.6 Å². The predicted octanol–water partition coefficient (Wildman–Crippen LogP) is 5.27. The summed E-state index contributed by atoms with van der Waals surface area (Å²) in [7, 11) is -3.97. The van der Waals surface area contributed by atoms with Crippen molar-refractivity contribution < 1.29 is 46.6 Å². The molecule has 15 nitrogen and oxygen atoms in total. The van der Waals surface area contributed by atoms with E-state index in [2.05, 4.69) is 26.9 Å². The molecule has 2 fully saturated rings. The molecule has 0 radical (unpaired) electrons. The van der Waals surface area contributed by atoms with Crippen molar-refractivity contribution in [2.75, 3.05) is 13.2 Å². The molecular weight excluding hydrogens is 787 g/mol. The van der Waals surface area contributed by atoms with Crippen molar-refractivity contribution in [2.24, 2.45) is 5.41 Å². The second-order valence-corrected chi connectivity index (χ2v) is 19.7. The van der Waals surface area contributed by atoms with Gasteiger partial charge in [-0.15, -0.1) is 17.9 Å². The van der Waals surface area contributed by atoms with Gasteiger partial charge in [0.25, 0.3) is 5.91 Å². The van der Waals surface area contributed by atoms with Crippen LogP contribution in [-0.2, 0) is 29.1 Å². The van der Waals surface area contributed by atoms with E-state index in [0.29, 0.717) is 46.4 Å². The molecular formula is C41H53N5O10S2. The van der Waals surface area contributed by atoms with Crippen molar-refractivity contribution in [3.63, 3.8) is 0 Å². The summed E-state index contributed by atoms with van der Waals surface area (Å²) in [6.45, 7) is 17.4. The molecule has 1 aliphatic carbocycles. The standard InChI is InChI=1S/C41H53N5O10S2/c1-10-19-41(9,37(50)45-58(52,53)25-14-15-25)44-34(48)28-22-24(23-46(28)36(49)33(39(3,4)5)43-38(51)56-40(6,7)8)55-35-27-16-17-29(54-11-2)31(26(27)18-20-42-35)32(47)30-13-12-21-57-30/h10,12-13,16-18,20-21,24-25,28,33H,1,11,14-15,19,22-23H2,2-9H3,(H,43,51)(H,44,48)(H,45,50). The Morgan fingerprint density at radius 1 is 1.03 bits per heavy atom. The zero-order chi connectivity index (χ0) is 42.8. The second-order valence-electron chi connectivity index (χ2n) is 16.8. The molecule has 2 aromatic heterocycles. The van der Waals surface area contributed by atoms with E-state index >= 15 is 0 Å². The van der Waals surface area contributed by atoms with Gasteiger partial charge in [0.05, 0.1) is 28.8 Å². The Balaban J connectivity index is 1.51. The summed E-state index contributed by atoms with van der Waals surface area (Å²) in [5.74, 6) is -2.04. The first-order chi connectivity index (χ1) is 27.1. The van der Waals surface area contributed by atoms with E-state index in [1.54, 1.807) is 71.9 Å². The van der Waals surface area contributed by atoms with Gasteiger partial charge in [-0.1, -0.05) is 32.9 Å². The molecule has 4 atom stereocenters. The van der Waals surface area contributed by atoms with E-state index in [4.69, 9.17) is 14.2 Å². The van der Waals surface area contributed by atoms with E-state index in [1.807, 2.05) is 12.3 Å². The van der Waals surface area contributed by atoms with Crippen molar-refractivity contribution in [3.05, 3.63) is 65.0 Å². The molecule has 1 aliphatic heterocycles. The number of fused-ring (bicyclic) bond motifs is 1. The minimum Gasteiger partial charge on any atom is -0.493 e. The Morgan fingerprint density at radius 2 is 1.74 bits per heavy atom. The van der Waals surface area contributed by atoms with E-state index in [1.165, 1.54) is 35.4 Å². The number of ether oxygens (including phenoxy) is 3. The summed E-state index contributed by atoms with van der Waals surface area (Å²) in [6, 6.07) is 6.18. The zero-order valence-corrected chi connectivity index (χ0v) is 35.8. The summed E-state index contributed by atoms with van der Waals surface area (Å²) in [4.78, 5) is 75.7. The van der Waals surface area contributed by atoms with Crippen LogP contribution in [0.15, 0.2) is 54.6 Å². The summed E-state index contributed by atoms with van der Waals surface area (Å²) < 4.78 is 45.4. The van der Waals surface area contributed by atoms with Crippen molar-refractivity contribution in [2.45, 2.75) is 116 Å². The molecule has 5 rings (SSSR count). The topological polar surface area (TPSA) is 199 Å². The molecule has 3 heterocycles. The highest BCUT2D eigenvalue weighted by molar-refractivity contribution is 7.91. The molecule has 1 aromatic carbocycles. The number of carbonyl (C=O) groups is 5. The second kappa shape index (κ2) is 17.1. The normalized spacial score (nSPS) is 18.7. The van der Waals surface area contributed by atoms with Gasteiger partial charge in [0, 0.05) is 23.4 Å². The number of thiophene rings is 1. The highest BCUT2D eigenvalue weighted by atomic mass is 32.2. The maximum absolute atomic E-state index is 14.6. The first-order valence-corrected chi connectivity index (χ1v) is 21.6. The minimum absolute atomic E-state index is 0.0802. The lowest BCUT2D eigenvalue weighted by atomic mass is 9.85. The number of sulfonamides is 1. The number of benzene rings is 1. The molecule has 3 aromatic rings. The minimum atomic E-state index is -3.97. The molecule has 0 spiro atoms. The number of nitrogens with one attached hydrogen (secondary N) is 3. The molecule has 17 heteroatoms. The maximum Gasteiger partial charge on any atom is 0.408 e. The van der Waals surface area contributed by atoms with Crippen LogP contribution < -0.4 is 24.8 Å². The van der Waals surface area contributed by atoms with Gasteiger partial charge < -0.3 is 29.7 Å². The van der Waals surface area contributed by atoms with Crippen LogP contribution in [0.1, 0.15) is 96.3 Å². The van der Waals surface area contributed by atoms with Crippen molar-refractivity contribution >= 4 is 61.7 Å². The van der Waals surface area contributed by atoms with Crippen LogP contribution >= 0.6 is 11.3 Å². The molecule has 0 bridgehead atoms. The summed E-state index contributed by atoms with van der Waals surface area (Å²) in [5, 5.41) is 7.52. The fourth-order valence-electron chi connectivity index (χ4n) is 6.66. The maximum atomic E-state index is 14.6. The zero-order valence-electron chi connectivity index (χ0n) is 34.2. The number of nitrogens with zero attached hydrogens (tertiary/aromatic N) is 2. The molecule has 314 valence electrons. The van der Waals surface area contributed by atoms with E-state index in [-0.39, 0.29) is 31.0 Å². The Hall–Kier alpha value is -5.03. The Labute approximate surface area is 343 Å².